The van der Waals surface area contributed by atoms with Crippen LogP contribution in [0.1, 0.15) is 26.2 Å². The van der Waals surface area contributed by atoms with E-state index in [2.05, 4.69) is 0 Å². The lowest BCUT2D eigenvalue weighted by atomic mass is 10.2. The van der Waals surface area contributed by atoms with Crippen molar-refractivity contribution in [2.75, 3.05) is 6.61 Å². The van der Waals surface area contributed by atoms with Gasteiger partial charge in [0.05, 0.1) is 11.6 Å². The topological polar surface area (TPSA) is 26.3 Å². The van der Waals surface area contributed by atoms with Crippen LogP contribution in [-0.4, -0.2) is 12.4 Å². The van der Waals surface area contributed by atoms with Crippen molar-refractivity contribution in [2.45, 2.75) is 26.2 Å². The number of ketones is 1. The smallest absolute Gasteiger partial charge is 0.139 e. The van der Waals surface area contributed by atoms with Crippen molar-refractivity contribution in [1.29, 1.82) is 0 Å². The van der Waals surface area contributed by atoms with Gasteiger partial charge in [-0.15, -0.1) is 0 Å². The molecule has 0 amide bonds. The van der Waals surface area contributed by atoms with E-state index >= 15 is 0 Å². The molecule has 0 aliphatic carbocycles. The van der Waals surface area contributed by atoms with Gasteiger partial charge in [-0.25, -0.2) is 0 Å². The molecule has 0 N–H and O–H groups in total. The van der Waals surface area contributed by atoms with E-state index in [9.17, 15) is 4.79 Å². The summed E-state index contributed by atoms with van der Waals surface area (Å²) in [7, 11) is 0. The van der Waals surface area contributed by atoms with Crippen LogP contribution in [0.4, 0.5) is 0 Å². The van der Waals surface area contributed by atoms with E-state index < -0.39 is 0 Å². The third-order valence-electron chi connectivity index (χ3n) is 2.17. The van der Waals surface area contributed by atoms with Gasteiger partial charge in [0.15, 0.2) is 0 Å². The molecule has 0 heterocycles. The zero-order valence-electron chi connectivity index (χ0n) is 9.13. The summed E-state index contributed by atoms with van der Waals surface area (Å²) in [5.74, 6) is 0.818. The minimum atomic E-state index is 0.251. The fraction of sp³-hybridized carbons (Fsp3) is 0.417. The van der Waals surface area contributed by atoms with E-state index in [-0.39, 0.29) is 5.78 Å². The van der Waals surface area contributed by atoms with E-state index in [0.29, 0.717) is 41.7 Å². The summed E-state index contributed by atoms with van der Waals surface area (Å²) in [6.07, 6.45) is 1.84. The number of hydrogen-bond donors (Lipinski definition) is 0. The van der Waals surface area contributed by atoms with Crippen LogP contribution >= 0.6 is 23.2 Å². The van der Waals surface area contributed by atoms with Gasteiger partial charge in [0.25, 0.3) is 0 Å². The molecule has 4 heteroatoms. The SMILES string of the molecule is CCC(=O)CCCOc1cccc(Cl)c1Cl. The van der Waals surface area contributed by atoms with Gasteiger partial charge in [-0.2, -0.15) is 0 Å². The minimum absolute atomic E-state index is 0.251. The van der Waals surface area contributed by atoms with Crippen molar-refractivity contribution in [1.82, 2.24) is 0 Å². The van der Waals surface area contributed by atoms with Gasteiger partial charge in [0, 0.05) is 12.8 Å². The van der Waals surface area contributed by atoms with Crippen molar-refractivity contribution in [3.8, 4) is 5.75 Å². The Labute approximate surface area is 106 Å². The molecule has 0 saturated carbocycles. The third-order valence-corrected chi connectivity index (χ3v) is 2.97. The first-order valence-corrected chi connectivity index (χ1v) is 5.99. The molecule has 16 heavy (non-hydrogen) atoms. The average Bonchev–Trinajstić information content (AvgIpc) is 2.29. The quantitative estimate of drug-likeness (QED) is 0.719. The zero-order valence-corrected chi connectivity index (χ0v) is 10.6. The molecule has 0 fully saturated rings. The van der Waals surface area contributed by atoms with E-state index in [1.165, 1.54) is 0 Å². The molecule has 0 radical (unpaired) electrons. The summed E-state index contributed by atoms with van der Waals surface area (Å²) in [4.78, 5) is 11.0. The van der Waals surface area contributed by atoms with Crippen LogP contribution in [-0.2, 0) is 4.79 Å². The van der Waals surface area contributed by atoms with Gasteiger partial charge in [-0.3, -0.25) is 4.79 Å². The molecule has 0 aliphatic heterocycles. The van der Waals surface area contributed by atoms with Crippen LogP contribution in [0.25, 0.3) is 0 Å². The second-order valence-corrected chi connectivity index (χ2v) is 4.18. The molecular formula is C12H14Cl2O2. The van der Waals surface area contributed by atoms with Crippen LogP contribution in [0.15, 0.2) is 18.2 Å². The van der Waals surface area contributed by atoms with E-state index in [1.807, 2.05) is 6.92 Å². The molecule has 2 nitrogen and oxygen atoms in total. The third kappa shape index (κ3) is 4.03. The monoisotopic (exact) mass is 260 g/mol. The van der Waals surface area contributed by atoms with Gasteiger partial charge in [0.2, 0.25) is 0 Å². The summed E-state index contributed by atoms with van der Waals surface area (Å²) >= 11 is 11.8. The molecule has 0 bridgehead atoms. The minimum Gasteiger partial charge on any atom is -0.492 e. The summed E-state index contributed by atoms with van der Waals surface area (Å²) in [6.45, 7) is 2.34. The Kier molecular flexibility index (Phi) is 5.64. The Morgan fingerprint density at radius 3 is 2.81 bits per heavy atom. The molecule has 1 aromatic carbocycles. The Morgan fingerprint density at radius 2 is 2.12 bits per heavy atom. The van der Waals surface area contributed by atoms with Gasteiger partial charge in [0.1, 0.15) is 16.6 Å². The fourth-order valence-electron chi connectivity index (χ4n) is 1.22. The highest BCUT2D eigenvalue weighted by molar-refractivity contribution is 6.42. The maximum absolute atomic E-state index is 11.0. The van der Waals surface area contributed by atoms with Gasteiger partial charge >= 0.3 is 0 Å². The molecule has 0 unspecified atom stereocenters. The van der Waals surface area contributed by atoms with Crippen molar-refractivity contribution in [3.05, 3.63) is 28.2 Å². The van der Waals surface area contributed by atoms with Crippen molar-refractivity contribution in [2.24, 2.45) is 0 Å². The average molecular weight is 261 g/mol. The highest BCUT2D eigenvalue weighted by Gasteiger charge is 2.05. The normalized spacial score (nSPS) is 10.2. The fourth-order valence-corrected chi connectivity index (χ4v) is 1.57. The number of carbonyl (C=O) groups excluding carboxylic acids is 1. The van der Waals surface area contributed by atoms with Crippen LogP contribution in [0.5, 0.6) is 5.75 Å². The lowest BCUT2D eigenvalue weighted by molar-refractivity contribution is -0.118. The van der Waals surface area contributed by atoms with E-state index in [4.69, 9.17) is 27.9 Å². The standard InChI is InChI=1S/C12H14Cl2O2/c1-2-9(15)5-4-8-16-11-7-3-6-10(13)12(11)14/h3,6-7H,2,4-5,8H2,1H3. The van der Waals surface area contributed by atoms with E-state index in [1.54, 1.807) is 18.2 Å². The molecule has 0 atom stereocenters. The van der Waals surface area contributed by atoms with Crippen LogP contribution in [0.2, 0.25) is 10.0 Å². The Bertz CT molecular complexity index is 364. The molecular weight excluding hydrogens is 247 g/mol. The highest BCUT2D eigenvalue weighted by Crippen LogP contribution is 2.31. The molecule has 1 rings (SSSR count). The lowest BCUT2D eigenvalue weighted by Gasteiger charge is -2.08. The lowest BCUT2D eigenvalue weighted by Crippen LogP contribution is -2.02. The molecule has 0 spiro atoms. The molecule has 1 aromatic rings. The Hall–Kier alpha value is -0.730. The summed E-state index contributed by atoms with van der Waals surface area (Å²) < 4.78 is 5.44. The summed E-state index contributed by atoms with van der Waals surface area (Å²) in [5, 5.41) is 0.898. The maximum atomic E-state index is 11.0. The van der Waals surface area contributed by atoms with Crippen molar-refractivity contribution in [3.63, 3.8) is 0 Å². The number of hydrogen-bond acceptors (Lipinski definition) is 2. The van der Waals surface area contributed by atoms with Crippen LogP contribution in [0, 0.1) is 0 Å². The number of carbonyl (C=O) groups is 1. The second kappa shape index (κ2) is 6.77. The number of rotatable bonds is 6. The van der Waals surface area contributed by atoms with Crippen LogP contribution in [0.3, 0.4) is 0 Å². The molecule has 0 saturated heterocycles. The predicted octanol–water partition coefficient (Wildman–Crippen LogP) is 4.13. The highest BCUT2D eigenvalue weighted by atomic mass is 35.5. The van der Waals surface area contributed by atoms with Crippen molar-refractivity contribution >= 4 is 29.0 Å². The van der Waals surface area contributed by atoms with Gasteiger partial charge in [-0.1, -0.05) is 36.2 Å². The zero-order chi connectivity index (χ0) is 12.0. The Balaban J connectivity index is 2.38. The summed E-state index contributed by atoms with van der Waals surface area (Å²) in [6, 6.07) is 5.24. The van der Waals surface area contributed by atoms with Crippen molar-refractivity contribution < 1.29 is 9.53 Å². The van der Waals surface area contributed by atoms with E-state index in [0.717, 1.165) is 0 Å². The number of benzene rings is 1. The van der Waals surface area contributed by atoms with Gasteiger partial charge in [-0.05, 0) is 18.6 Å². The first-order valence-electron chi connectivity index (χ1n) is 5.23. The molecule has 0 aliphatic rings. The predicted molar refractivity (Wildman–Crippen MR) is 66.5 cm³/mol. The first-order chi connectivity index (χ1) is 7.65. The Morgan fingerprint density at radius 1 is 1.38 bits per heavy atom. The maximum Gasteiger partial charge on any atom is 0.139 e. The molecule has 88 valence electrons. The number of Topliss-reactive ketones (excluding diaryl/α,β-unsaturated/α-hetero) is 1. The summed E-state index contributed by atoms with van der Waals surface area (Å²) in [5.41, 5.74) is 0. The number of ether oxygens (including phenoxy) is 1. The van der Waals surface area contributed by atoms with Gasteiger partial charge < -0.3 is 4.74 Å². The first kappa shape index (κ1) is 13.3. The number of halogens is 2. The largest absolute Gasteiger partial charge is 0.492 e. The van der Waals surface area contributed by atoms with Crippen LogP contribution < -0.4 is 4.74 Å². The molecule has 0 aromatic heterocycles. The second-order valence-electron chi connectivity index (χ2n) is 3.40.